The lowest BCUT2D eigenvalue weighted by molar-refractivity contribution is -0.114. The summed E-state index contributed by atoms with van der Waals surface area (Å²) >= 11 is 0. The van der Waals surface area contributed by atoms with Crippen LogP contribution in [0, 0.1) is 22.7 Å². The van der Waals surface area contributed by atoms with Gasteiger partial charge in [-0.2, -0.15) is 10.5 Å². The first-order valence-electron chi connectivity index (χ1n) is 15.7. The molecule has 6 amide bonds. The van der Waals surface area contributed by atoms with Crippen molar-refractivity contribution in [3.8, 4) is 12.1 Å². The molecule has 0 saturated heterocycles. The van der Waals surface area contributed by atoms with Gasteiger partial charge in [-0.05, 0) is 24.3 Å². The Balaban J connectivity index is 1.29. The molecule has 0 atom stereocenters. The zero-order chi connectivity index (χ0) is 37.9. The van der Waals surface area contributed by atoms with Crippen LogP contribution in [0.3, 0.4) is 0 Å². The summed E-state index contributed by atoms with van der Waals surface area (Å²) in [6, 6.07) is 9.77. The van der Waals surface area contributed by atoms with Crippen LogP contribution >= 0.6 is 0 Å². The molecule has 0 bridgehead atoms. The number of amides is 6. The Kier molecular flexibility index (Phi) is 12.1. The van der Waals surface area contributed by atoms with E-state index in [0.717, 1.165) is 12.2 Å². The number of aromatic nitrogens is 4. The molecule has 268 valence electrons. The topological polar surface area (TPSA) is 242 Å². The number of nitrogens with one attached hydrogen (secondary N) is 6. The molecule has 0 radical (unpaired) electrons. The molecule has 4 aromatic heterocycles. The maximum absolute atomic E-state index is 13.0. The van der Waals surface area contributed by atoms with E-state index < -0.39 is 35.4 Å². The van der Waals surface area contributed by atoms with E-state index in [9.17, 15) is 28.8 Å². The Labute approximate surface area is 297 Å². The maximum atomic E-state index is 13.0. The van der Waals surface area contributed by atoms with Crippen LogP contribution in [0.25, 0.3) is 0 Å². The van der Waals surface area contributed by atoms with E-state index in [-0.39, 0.29) is 60.1 Å². The number of nitriles is 2. The molecule has 0 saturated carbocycles. The summed E-state index contributed by atoms with van der Waals surface area (Å²) in [6.07, 6.45) is 8.51. The number of anilines is 4. The molecule has 4 heterocycles. The molecule has 52 heavy (non-hydrogen) atoms. The molecule has 4 rings (SSSR count). The summed E-state index contributed by atoms with van der Waals surface area (Å²) in [6.45, 7) is 0.395. The zero-order valence-electron chi connectivity index (χ0n) is 28.7. The highest BCUT2D eigenvalue weighted by atomic mass is 16.2. The van der Waals surface area contributed by atoms with Gasteiger partial charge < -0.3 is 50.2 Å². The Morgan fingerprint density at radius 1 is 0.519 bits per heavy atom. The molecule has 0 aliphatic carbocycles. The van der Waals surface area contributed by atoms with Gasteiger partial charge >= 0.3 is 0 Å². The van der Waals surface area contributed by atoms with E-state index >= 15 is 0 Å². The van der Waals surface area contributed by atoms with Crippen LogP contribution in [0.15, 0.2) is 61.2 Å². The Bertz CT molecular complexity index is 2000. The van der Waals surface area contributed by atoms with E-state index in [2.05, 4.69) is 31.9 Å². The number of hydrogen-bond acceptors (Lipinski definition) is 8. The second-order valence-corrected chi connectivity index (χ2v) is 11.4. The van der Waals surface area contributed by atoms with Crippen molar-refractivity contribution in [3.63, 3.8) is 0 Å². The van der Waals surface area contributed by atoms with Gasteiger partial charge in [-0.3, -0.25) is 28.8 Å². The fourth-order valence-electron chi connectivity index (χ4n) is 4.99. The second-order valence-electron chi connectivity index (χ2n) is 11.4. The van der Waals surface area contributed by atoms with Crippen molar-refractivity contribution in [2.24, 2.45) is 28.2 Å². The fraction of sp³-hybridized carbons (Fsp3) is 0.235. The molecular weight excluding hydrogens is 673 g/mol. The van der Waals surface area contributed by atoms with E-state index in [1.165, 1.54) is 54.9 Å². The highest BCUT2D eigenvalue weighted by Gasteiger charge is 2.18. The fourth-order valence-corrected chi connectivity index (χ4v) is 4.99. The molecule has 4 aromatic rings. The number of carbonyl (C=O) groups excluding carboxylic acids is 6. The third-order valence-electron chi connectivity index (χ3n) is 7.43. The molecule has 18 heteroatoms. The number of rotatable bonds is 14. The summed E-state index contributed by atoms with van der Waals surface area (Å²) < 4.78 is 6.07. The predicted octanol–water partition coefficient (Wildman–Crippen LogP) is 1.97. The molecule has 0 aliphatic heterocycles. The third-order valence-corrected chi connectivity index (χ3v) is 7.43. The molecule has 0 aromatic carbocycles. The van der Waals surface area contributed by atoms with Crippen molar-refractivity contribution >= 4 is 58.2 Å². The van der Waals surface area contributed by atoms with Crippen molar-refractivity contribution in [1.82, 2.24) is 28.9 Å². The van der Waals surface area contributed by atoms with Crippen molar-refractivity contribution in [3.05, 3.63) is 84.0 Å². The maximum Gasteiger partial charge on any atom is 0.272 e. The average molecular weight is 710 g/mol. The van der Waals surface area contributed by atoms with Gasteiger partial charge in [0.2, 0.25) is 11.8 Å². The molecule has 0 unspecified atom stereocenters. The summed E-state index contributed by atoms with van der Waals surface area (Å²) in [5.74, 6) is -3.07. The van der Waals surface area contributed by atoms with E-state index in [1.54, 1.807) is 40.6 Å². The van der Waals surface area contributed by atoms with Crippen molar-refractivity contribution < 1.29 is 28.8 Å². The van der Waals surface area contributed by atoms with Crippen LogP contribution in [0.5, 0.6) is 0 Å². The van der Waals surface area contributed by atoms with Crippen LogP contribution in [0.4, 0.5) is 22.7 Å². The summed E-state index contributed by atoms with van der Waals surface area (Å²) in [5.41, 5.74) is 2.30. The highest BCUT2D eigenvalue weighted by Crippen LogP contribution is 2.19. The van der Waals surface area contributed by atoms with Crippen LogP contribution in [0.1, 0.15) is 54.8 Å². The van der Waals surface area contributed by atoms with Crippen molar-refractivity contribution in [1.29, 1.82) is 10.5 Å². The molecule has 0 aliphatic rings. The summed E-state index contributed by atoms with van der Waals surface area (Å²) in [5, 5.41) is 33.1. The van der Waals surface area contributed by atoms with Crippen LogP contribution in [-0.2, 0) is 37.8 Å². The Morgan fingerprint density at radius 3 is 1.12 bits per heavy atom. The molecular formula is C34H36N12O6. The van der Waals surface area contributed by atoms with E-state index in [1.807, 2.05) is 12.1 Å². The van der Waals surface area contributed by atoms with Gasteiger partial charge in [0.25, 0.3) is 23.6 Å². The van der Waals surface area contributed by atoms with Gasteiger partial charge in [0, 0.05) is 78.2 Å². The van der Waals surface area contributed by atoms with Crippen LogP contribution in [0.2, 0.25) is 0 Å². The number of hydrogen-bond donors (Lipinski definition) is 6. The molecule has 0 spiro atoms. The van der Waals surface area contributed by atoms with Crippen LogP contribution < -0.4 is 31.9 Å². The SMILES string of the molecule is Cn1cc(NC(=O)c2cc(NC(=O)/C=C/C(=O)Nc3cc(C(=O)Nc4cc(C(=O)[15NH]CCC#N)n(C)c4)n(C)c3)cn2C)cc1C(=O)NCCC#N. The first kappa shape index (κ1) is 37.5. The third kappa shape index (κ3) is 9.64. The Morgan fingerprint density at radius 2 is 0.808 bits per heavy atom. The second kappa shape index (κ2) is 16.9. The van der Waals surface area contributed by atoms with Gasteiger partial charge in [0.15, 0.2) is 0 Å². The smallest absolute Gasteiger partial charge is 0.272 e. The summed E-state index contributed by atoms with van der Waals surface area (Å²) in [7, 11) is 6.50. The first-order valence-corrected chi connectivity index (χ1v) is 15.7. The molecule has 0 fully saturated rings. The highest BCUT2D eigenvalue weighted by molar-refractivity contribution is 6.09. The van der Waals surface area contributed by atoms with E-state index in [4.69, 9.17) is 10.5 Å². The minimum absolute atomic E-state index is 0.168. The molecule has 6 N–H and O–H groups in total. The number of carbonyl (C=O) groups is 6. The van der Waals surface area contributed by atoms with Gasteiger partial charge in [0.05, 0.1) is 47.7 Å². The molecule has 18 nitrogen and oxygen atoms in total. The first-order chi connectivity index (χ1) is 24.8. The monoisotopic (exact) mass is 709 g/mol. The standard InChI is InChI=1S/C34H36N12O6/c1-43-19-23(15-25(43)31(49)37-11-5-9-35)41-33(51)27-13-21(17-45(27)3)39-29(47)7-8-30(48)40-22-14-28(46(4)18-22)34(52)42-24-16-26(44(2)20-24)32(50)38-12-6-10-36/h7-8,13-20H,5-6,11-12H2,1-4H3,(H,37,49)(H,38,50)(H,39,47)(H,40,48)(H,41,51)(H,42,52)/b8-7+/i37+1. The van der Waals surface area contributed by atoms with E-state index in [0.29, 0.717) is 11.4 Å². The lowest BCUT2D eigenvalue weighted by atomic mass is 10.3. The van der Waals surface area contributed by atoms with Crippen molar-refractivity contribution in [2.75, 3.05) is 34.4 Å². The van der Waals surface area contributed by atoms with Crippen molar-refractivity contribution in [2.45, 2.75) is 12.8 Å². The number of aryl methyl sites for hydroxylation is 4. The minimum atomic E-state index is -0.642. The van der Waals surface area contributed by atoms with Gasteiger partial charge in [-0.1, -0.05) is 0 Å². The minimum Gasteiger partial charge on any atom is -0.350 e. The van der Waals surface area contributed by atoms with Gasteiger partial charge in [-0.25, -0.2) is 0 Å². The van der Waals surface area contributed by atoms with Gasteiger partial charge in [0.1, 0.15) is 22.8 Å². The van der Waals surface area contributed by atoms with Gasteiger partial charge in [-0.15, -0.1) is 0 Å². The average Bonchev–Trinajstić information content (AvgIpc) is 3.85. The normalized spacial score (nSPS) is 10.6. The summed E-state index contributed by atoms with van der Waals surface area (Å²) in [4.78, 5) is 75.7. The largest absolute Gasteiger partial charge is 0.350 e. The number of nitrogens with zero attached hydrogens (tertiary/aromatic N) is 6. The lowest BCUT2D eigenvalue weighted by Crippen LogP contribution is -2.25. The lowest BCUT2D eigenvalue weighted by Gasteiger charge is -2.03. The Hall–Kier alpha value is -7.34. The van der Waals surface area contributed by atoms with Crippen LogP contribution in [-0.4, -0.2) is 66.8 Å². The zero-order valence-corrected chi connectivity index (χ0v) is 28.7. The quantitative estimate of drug-likeness (QED) is 0.0641. The predicted molar refractivity (Wildman–Crippen MR) is 189 cm³/mol.